The highest BCUT2D eigenvalue weighted by atomic mass is 32.2. The second-order valence-corrected chi connectivity index (χ2v) is 3.75. The second kappa shape index (κ2) is 2.88. The van der Waals surface area contributed by atoms with Gasteiger partial charge in [-0.15, -0.1) is 0 Å². The van der Waals surface area contributed by atoms with Crippen LogP contribution in [0.3, 0.4) is 0 Å². The first-order valence-corrected chi connectivity index (χ1v) is 4.32. The minimum atomic E-state index is 0.693. The Labute approximate surface area is 54.5 Å². The molecule has 0 aliphatic carbocycles. The van der Waals surface area contributed by atoms with E-state index in [-0.39, 0.29) is 0 Å². The molecule has 0 spiro atoms. The SMILES string of the molecule is SC1CCCSC1. The first-order chi connectivity index (χ1) is 3.39. The molecule has 0 N–H and O–H groups in total. The molecular weight excluding hydrogens is 124 g/mol. The van der Waals surface area contributed by atoms with E-state index in [0.29, 0.717) is 5.25 Å². The van der Waals surface area contributed by atoms with Crippen LogP contribution >= 0.6 is 24.4 Å². The van der Waals surface area contributed by atoms with Gasteiger partial charge >= 0.3 is 0 Å². The van der Waals surface area contributed by atoms with Crippen molar-refractivity contribution in [2.24, 2.45) is 0 Å². The minimum absolute atomic E-state index is 0.693. The van der Waals surface area contributed by atoms with Crippen LogP contribution in [0.15, 0.2) is 0 Å². The Morgan fingerprint density at radius 1 is 1.57 bits per heavy atom. The van der Waals surface area contributed by atoms with Crippen LogP contribution in [0.4, 0.5) is 0 Å². The highest BCUT2D eigenvalue weighted by Crippen LogP contribution is 2.20. The average molecular weight is 134 g/mol. The molecule has 1 fully saturated rings. The van der Waals surface area contributed by atoms with E-state index in [1.165, 1.54) is 24.3 Å². The van der Waals surface area contributed by atoms with Crippen molar-refractivity contribution < 1.29 is 0 Å². The summed E-state index contributed by atoms with van der Waals surface area (Å²) >= 11 is 6.37. The van der Waals surface area contributed by atoms with Crippen molar-refractivity contribution >= 4 is 24.4 Å². The lowest BCUT2D eigenvalue weighted by Crippen LogP contribution is -2.08. The predicted octanol–water partition coefficient (Wildman–Crippen LogP) is 1.81. The fourth-order valence-corrected chi connectivity index (χ4v) is 2.20. The van der Waals surface area contributed by atoms with Gasteiger partial charge in [0.15, 0.2) is 0 Å². The molecule has 1 atom stereocenters. The fourth-order valence-electron chi connectivity index (χ4n) is 0.724. The Kier molecular flexibility index (Phi) is 2.40. The van der Waals surface area contributed by atoms with Gasteiger partial charge in [0.2, 0.25) is 0 Å². The zero-order chi connectivity index (χ0) is 5.11. The fraction of sp³-hybridized carbons (Fsp3) is 1.00. The van der Waals surface area contributed by atoms with Crippen LogP contribution in [0.2, 0.25) is 0 Å². The maximum absolute atomic E-state index is 4.34. The third-order valence-corrected chi connectivity index (χ3v) is 3.04. The van der Waals surface area contributed by atoms with Crippen molar-refractivity contribution in [3.8, 4) is 0 Å². The van der Waals surface area contributed by atoms with Crippen LogP contribution in [-0.4, -0.2) is 16.8 Å². The van der Waals surface area contributed by atoms with Crippen LogP contribution in [0.1, 0.15) is 12.8 Å². The van der Waals surface area contributed by atoms with E-state index >= 15 is 0 Å². The molecule has 2 heteroatoms. The van der Waals surface area contributed by atoms with Crippen LogP contribution < -0.4 is 0 Å². The van der Waals surface area contributed by atoms with Crippen molar-refractivity contribution in [1.29, 1.82) is 0 Å². The zero-order valence-corrected chi connectivity index (χ0v) is 5.97. The van der Waals surface area contributed by atoms with Crippen molar-refractivity contribution in [3.05, 3.63) is 0 Å². The molecule has 0 nitrogen and oxygen atoms in total. The molecule has 0 bridgehead atoms. The van der Waals surface area contributed by atoms with Crippen molar-refractivity contribution in [2.75, 3.05) is 11.5 Å². The van der Waals surface area contributed by atoms with Crippen molar-refractivity contribution in [2.45, 2.75) is 18.1 Å². The third-order valence-electron chi connectivity index (χ3n) is 1.14. The normalized spacial score (nSPS) is 33.0. The lowest BCUT2D eigenvalue weighted by Gasteiger charge is -2.14. The molecule has 1 rings (SSSR count). The van der Waals surface area contributed by atoms with Crippen LogP contribution in [0.5, 0.6) is 0 Å². The van der Waals surface area contributed by atoms with Gasteiger partial charge < -0.3 is 0 Å². The molecule has 0 amide bonds. The molecule has 0 radical (unpaired) electrons. The topological polar surface area (TPSA) is 0 Å². The summed E-state index contributed by atoms with van der Waals surface area (Å²) in [6.07, 6.45) is 2.70. The smallest absolute Gasteiger partial charge is 0.0108 e. The zero-order valence-electron chi connectivity index (χ0n) is 4.26. The molecule has 0 saturated carbocycles. The van der Waals surface area contributed by atoms with Gasteiger partial charge in [-0.1, -0.05) is 0 Å². The van der Waals surface area contributed by atoms with Gasteiger partial charge in [-0.3, -0.25) is 0 Å². The summed E-state index contributed by atoms with van der Waals surface area (Å²) < 4.78 is 0. The standard InChI is InChI=1S/C5H10S2/c6-5-2-1-3-7-4-5/h5-6H,1-4H2. The molecule has 1 saturated heterocycles. The Bertz CT molecular complexity index is 48.0. The molecular formula is C5H10S2. The summed E-state index contributed by atoms with van der Waals surface area (Å²) in [5, 5.41) is 0.693. The average Bonchev–Trinajstić information content (AvgIpc) is 1.69. The van der Waals surface area contributed by atoms with E-state index in [1.807, 2.05) is 11.8 Å². The summed E-state index contributed by atoms with van der Waals surface area (Å²) in [5.41, 5.74) is 0. The molecule has 0 aromatic rings. The van der Waals surface area contributed by atoms with Crippen molar-refractivity contribution in [3.63, 3.8) is 0 Å². The minimum Gasteiger partial charge on any atom is -0.175 e. The Morgan fingerprint density at radius 2 is 2.43 bits per heavy atom. The Hall–Kier alpha value is 0.700. The van der Waals surface area contributed by atoms with Gasteiger partial charge in [0.25, 0.3) is 0 Å². The molecule has 1 aliphatic rings. The number of thiol groups is 1. The largest absolute Gasteiger partial charge is 0.175 e. The molecule has 1 aliphatic heterocycles. The van der Waals surface area contributed by atoms with E-state index in [0.717, 1.165) is 0 Å². The Balaban J connectivity index is 2.12. The number of hydrogen-bond acceptors (Lipinski definition) is 2. The van der Waals surface area contributed by atoms with Gasteiger partial charge in [0.05, 0.1) is 0 Å². The molecule has 7 heavy (non-hydrogen) atoms. The summed E-state index contributed by atoms with van der Waals surface area (Å²) in [4.78, 5) is 0. The van der Waals surface area contributed by atoms with Gasteiger partial charge in [0, 0.05) is 11.0 Å². The third kappa shape index (κ3) is 1.96. The van der Waals surface area contributed by atoms with Gasteiger partial charge in [-0.05, 0) is 18.6 Å². The lowest BCUT2D eigenvalue weighted by molar-refractivity contribution is 0.784. The molecule has 1 unspecified atom stereocenters. The van der Waals surface area contributed by atoms with Gasteiger partial charge in [0.1, 0.15) is 0 Å². The van der Waals surface area contributed by atoms with Gasteiger partial charge in [-0.25, -0.2) is 0 Å². The maximum atomic E-state index is 4.34. The van der Waals surface area contributed by atoms with E-state index < -0.39 is 0 Å². The summed E-state index contributed by atoms with van der Waals surface area (Å²) in [5.74, 6) is 2.63. The monoisotopic (exact) mass is 134 g/mol. The second-order valence-electron chi connectivity index (χ2n) is 1.87. The van der Waals surface area contributed by atoms with E-state index in [9.17, 15) is 0 Å². The molecule has 0 aromatic heterocycles. The van der Waals surface area contributed by atoms with Crippen molar-refractivity contribution in [1.82, 2.24) is 0 Å². The highest BCUT2D eigenvalue weighted by molar-refractivity contribution is 8.00. The van der Waals surface area contributed by atoms with Crippen LogP contribution in [0, 0.1) is 0 Å². The van der Waals surface area contributed by atoms with E-state index in [4.69, 9.17) is 0 Å². The number of hydrogen-bond donors (Lipinski definition) is 1. The van der Waals surface area contributed by atoms with E-state index in [2.05, 4.69) is 12.6 Å². The van der Waals surface area contributed by atoms with E-state index in [1.54, 1.807) is 0 Å². The first-order valence-electron chi connectivity index (χ1n) is 2.65. The lowest BCUT2D eigenvalue weighted by atomic mass is 10.3. The first kappa shape index (κ1) is 5.83. The molecule has 1 heterocycles. The predicted molar refractivity (Wildman–Crippen MR) is 39.3 cm³/mol. The summed E-state index contributed by atoms with van der Waals surface area (Å²) in [6.45, 7) is 0. The summed E-state index contributed by atoms with van der Waals surface area (Å²) in [6, 6.07) is 0. The molecule has 42 valence electrons. The summed E-state index contributed by atoms with van der Waals surface area (Å²) in [7, 11) is 0. The van der Waals surface area contributed by atoms with Crippen LogP contribution in [0.25, 0.3) is 0 Å². The molecule has 0 aromatic carbocycles. The van der Waals surface area contributed by atoms with Crippen LogP contribution in [-0.2, 0) is 0 Å². The Morgan fingerprint density at radius 3 is 2.71 bits per heavy atom. The highest BCUT2D eigenvalue weighted by Gasteiger charge is 2.07. The number of rotatable bonds is 0. The maximum Gasteiger partial charge on any atom is 0.0108 e. The quantitative estimate of drug-likeness (QED) is 0.493. The van der Waals surface area contributed by atoms with Gasteiger partial charge in [-0.2, -0.15) is 24.4 Å². The number of thioether (sulfide) groups is 1.